The Kier molecular flexibility index (Phi) is 7.01. The van der Waals surface area contributed by atoms with Gasteiger partial charge >= 0.3 is 0 Å². The van der Waals surface area contributed by atoms with Crippen molar-refractivity contribution in [1.29, 1.82) is 0 Å². The van der Waals surface area contributed by atoms with Crippen molar-refractivity contribution in [2.45, 2.75) is 11.7 Å². The van der Waals surface area contributed by atoms with E-state index in [2.05, 4.69) is 20.8 Å². The predicted molar refractivity (Wildman–Crippen MR) is 109 cm³/mol. The molecule has 0 bridgehead atoms. The second-order valence-corrected chi connectivity index (χ2v) is 7.44. The molecule has 3 aromatic rings. The summed E-state index contributed by atoms with van der Waals surface area (Å²) >= 11 is 6.82. The van der Waals surface area contributed by atoms with Crippen LogP contribution in [-0.4, -0.2) is 32.3 Å². The molecular formula is C19H16ClF2N5O2S. The topological polar surface area (TPSA) is 88.9 Å². The van der Waals surface area contributed by atoms with E-state index >= 15 is 0 Å². The highest BCUT2D eigenvalue weighted by molar-refractivity contribution is 7.99. The van der Waals surface area contributed by atoms with Crippen LogP contribution >= 0.6 is 23.4 Å². The Bertz CT molecular complexity index is 1090. The Hall–Kier alpha value is -2.98. The first kappa shape index (κ1) is 21.7. The summed E-state index contributed by atoms with van der Waals surface area (Å²) in [6, 6.07) is 9.54. The van der Waals surface area contributed by atoms with Crippen LogP contribution in [0.4, 0.5) is 14.5 Å². The van der Waals surface area contributed by atoms with Crippen molar-refractivity contribution in [3.63, 3.8) is 0 Å². The lowest BCUT2D eigenvalue weighted by Gasteiger charge is -2.07. The zero-order valence-electron chi connectivity index (χ0n) is 15.7. The summed E-state index contributed by atoms with van der Waals surface area (Å²) in [6.07, 6.45) is 0. The average Bonchev–Trinajstić information content (AvgIpc) is 3.07. The summed E-state index contributed by atoms with van der Waals surface area (Å²) in [5.41, 5.74) is 0.313. The number of hydrogen-bond donors (Lipinski definition) is 2. The number of hydrogen-bond acceptors (Lipinski definition) is 5. The van der Waals surface area contributed by atoms with E-state index < -0.39 is 17.5 Å². The largest absolute Gasteiger partial charge is 0.345 e. The van der Waals surface area contributed by atoms with E-state index in [1.54, 1.807) is 17.7 Å². The number of thioether (sulfide) groups is 1. The van der Waals surface area contributed by atoms with Crippen molar-refractivity contribution in [3.8, 4) is 0 Å². The van der Waals surface area contributed by atoms with Gasteiger partial charge in [-0.15, -0.1) is 10.2 Å². The third-order valence-electron chi connectivity index (χ3n) is 3.99. The number of anilines is 1. The van der Waals surface area contributed by atoms with Crippen LogP contribution in [-0.2, 0) is 18.4 Å². The molecule has 0 aliphatic heterocycles. The number of carbonyl (C=O) groups excluding carboxylic acids is 2. The van der Waals surface area contributed by atoms with E-state index in [-0.39, 0.29) is 28.8 Å². The van der Waals surface area contributed by atoms with Crippen molar-refractivity contribution in [3.05, 3.63) is 70.5 Å². The molecule has 0 spiro atoms. The van der Waals surface area contributed by atoms with Gasteiger partial charge in [0.2, 0.25) is 5.91 Å². The van der Waals surface area contributed by atoms with Crippen LogP contribution in [0.2, 0.25) is 5.02 Å². The SMILES string of the molecule is Cn1c(CNC(=O)c2ccccc2F)nnc1SCC(=O)Nc1ccc(F)c(Cl)c1. The van der Waals surface area contributed by atoms with Gasteiger partial charge in [0.1, 0.15) is 11.6 Å². The second-order valence-electron chi connectivity index (χ2n) is 6.09. The van der Waals surface area contributed by atoms with Gasteiger partial charge in [0.25, 0.3) is 5.91 Å². The van der Waals surface area contributed by atoms with Crippen LogP contribution in [0.1, 0.15) is 16.2 Å². The fraction of sp³-hybridized carbons (Fsp3) is 0.158. The normalized spacial score (nSPS) is 10.7. The third kappa shape index (κ3) is 5.33. The lowest BCUT2D eigenvalue weighted by atomic mass is 10.2. The smallest absolute Gasteiger partial charge is 0.254 e. The molecule has 0 atom stereocenters. The van der Waals surface area contributed by atoms with E-state index in [1.165, 1.54) is 30.3 Å². The zero-order valence-corrected chi connectivity index (χ0v) is 17.2. The lowest BCUT2D eigenvalue weighted by molar-refractivity contribution is -0.113. The maximum atomic E-state index is 13.7. The summed E-state index contributed by atoms with van der Waals surface area (Å²) < 4.78 is 28.5. The summed E-state index contributed by atoms with van der Waals surface area (Å²) in [4.78, 5) is 24.2. The molecule has 11 heteroatoms. The number of nitrogens with zero attached hydrogens (tertiary/aromatic N) is 3. The fourth-order valence-electron chi connectivity index (χ4n) is 2.43. The molecule has 3 rings (SSSR count). The minimum atomic E-state index is -0.613. The summed E-state index contributed by atoms with van der Waals surface area (Å²) in [5.74, 6) is -1.62. The molecule has 30 heavy (non-hydrogen) atoms. The molecule has 0 unspecified atom stereocenters. The van der Waals surface area contributed by atoms with Gasteiger partial charge in [-0.1, -0.05) is 35.5 Å². The van der Waals surface area contributed by atoms with E-state index in [9.17, 15) is 18.4 Å². The van der Waals surface area contributed by atoms with E-state index in [4.69, 9.17) is 11.6 Å². The lowest BCUT2D eigenvalue weighted by Crippen LogP contribution is -2.25. The van der Waals surface area contributed by atoms with Crippen molar-refractivity contribution < 1.29 is 18.4 Å². The minimum Gasteiger partial charge on any atom is -0.345 e. The molecule has 2 N–H and O–H groups in total. The van der Waals surface area contributed by atoms with Gasteiger partial charge in [-0.05, 0) is 30.3 Å². The molecule has 0 aliphatic carbocycles. The van der Waals surface area contributed by atoms with Gasteiger partial charge < -0.3 is 15.2 Å². The predicted octanol–water partition coefficient (Wildman–Crippen LogP) is 3.41. The molecule has 1 heterocycles. The Labute approximate surface area is 179 Å². The standard InChI is InChI=1S/C19H16ClF2N5O2S/c1-27-16(9-23-18(29)12-4-2-3-5-14(12)21)25-26-19(27)30-10-17(28)24-11-6-7-15(22)13(20)8-11/h2-8H,9-10H2,1H3,(H,23,29)(H,24,28). The number of aromatic nitrogens is 3. The van der Waals surface area contributed by atoms with Gasteiger partial charge in [-0.25, -0.2) is 8.78 Å². The molecule has 0 aliphatic rings. The van der Waals surface area contributed by atoms with E-state index in [1.807, 2.05) is 0 Å². The number of halogens is 3. The highest BCUT2D eigenvalue weighted by Crippen LogP contribution is 2.20. The highest BCUT2D eigenvalue weighted by Gasteiger charge is 2.15. The van der Waals surface area contributed by atoms with E-state index in [0.717, 1.165) is 17.8 Å². The van der Waals surface area contributed by atoms with Crippen LogP contribution in [0.3, 0.4) is 0 Å². The summed E-state index contributed by atoms with van der Waals surface area (Å²) in [5, 5.41) is 13.5. The molecule has 2 aromatic carbocycles. The van der Waals surface area contributed by atoms with Gasteiger partial charge in [0.05, 0.1) is 22.9 Å². The number of benzene rings is 2. The third-order valence-corrected chi connectivity index (χ3v) is 5.30. The Morgan fingerprint density at radius 2 is 1.90 bits per heavy atom. The second kappa shape index (κ2) is 9.68. The van der Waals surface area contributed by atoms with Crippen molar-refractivity contribution in [2.75, 3.05) is 11.1 Å². The van der Waals surface area contributed by atoms with Crippen LogP contribution in [0.5, 0.6) is 0 Å². The van der Waals surface area contributed by atoms with Crippen LogP contribution < -0.4 is 10.6 Å². The molecule has 0 radical (unpaired) electrons. The zero-order chi connectivity index (χ0) is 21.7. The molecule has 0 fully saturated rings. The minimum absolute atomic E-state index is 0.0303. The highest BCUT2D eigenvalue weighted by atomic mass is 35.5. The molecule has 0 saturated heterocycles. The molecule has 0 saturated carbocycles. The first-order chi connectivity index (χ1) is 14.3. The van der Waals surface area contributed by atoms with Gasteiger partial charge in [0, 0.05) is 12.7 Å². The first-order valence-electron chi connectivity index (χ1n) is 8.64. The Balaban J connectivity index is 1.53. The Morgan fingerprint density at radius 3 is 2.63 bits per heavy atom. The maximum absolute atomic E-state index is 13.7. The fourth-order valence-corrected chi connectivity index (χ4v) is 3.34. The van der Waals surface area contributed by atoms with Gasteiger partial charge in [-0.2, -0.15) is 0 Å². The molecule has 1 aromatic heterocycles. The summed E-state index contributed by atoms with van der Waals surface area (Å²) in [7, 11) is 1.69. The Morgan fingerprint density at radius 1 is 1.13 bits per heavy atom. The number of rotatable bonds is 7. The van der Waals surface area contributed by atoms with Crippen molar-refractivity contribution in [1.82, 2.24) is 20.1 Å². The van der Waals surface area contributed by atoms with Crippen molar-refractivity contribution >= 4 is 40.9 Å². The van der Waals surface area contributed by atoms with E-state index in [0.29, 0.717) is 16.7 Å². The molecule has 7 nitrogen and oxygen atoms in total. The molecule has 2 amide bonds. The quantitative estimate of drug-likeness (QED) is 0.537. The van der Waals surface area contributed by atoms with Crippen LogP contribution in [0.25, 0.3) is 0 Å². The van der Waals surface area contributed by atoms with Gasteiger partial charge in [-0.3, -0.25) is 9.59 Å². The van der Waals surface area contributed by atoms with Crippen molar-refractivity contribution in [2.24, 2.45) is 7.05 Å². The number of amides is 2. The summed E-state index contributed by atoms with van der Waals surface area (Å²) in [6.45, 7) is 0.0392. The average molecular weight is 452 g/mol. The molecule has 156 valence electrons. The van der Waals surface area contributed by atoms with Gasteiger partial charge in [0.15, 0.2) is 11.0 Å². The number of nitrogens with one attached hydrogen (secondary N) is 2. The monoisotopic (exact) mass is 451 g/mol. The maximum Gasteiger partial charge on any atom is 0.254 e. The number of carbonyl (C=O) groups is 2. The first-order valence-corrected chi connectivity index (χ1v) is 10.00. The molecular weight excluding hydrogens is 436 g/mol. The van der Waals surface area contributed by atoms with Crippen LogP contribution in [0, 0.1) is 11.6 Å². The van der Waals surface area contributed by atoms with Crippen LogP contribution in [0.15, 0.2) is 47.6 Å².